The standard InChI is InChI=1S/C14H11FN2O2/c15-13-9-11(3-2-8-18)5-6-12(13)10-17-14(19)4-1-7-16-17/h1,4-7,9,18H,8,10H2. The first-order valence-corrected chi connectivity index (χ1v) is 5.61. The number of rotatable bonds is 2. The largest absolute Gasteiger partial charge is 0.384 e. The Morgan fingerprint density at radius 2 is 2.21 bits per heavy atom. The molecule has 19 heavy (non-hydrogen) atoms. The Labute approximate surface area is 109 Å². The van der Waals surface area contributed by atoms with E-state index in [0.717, 1.165) is 0 Å². The van der Waals surface area contributed by atoms with Crippen molar-refractivity contribution in [3.63, 3.8) is 0 Å². The molecular formula is C14H11FN2O2. The minimum atomic E-state index is -0.456. The van der Waals surface area contributed by atoms with E-state index in [0.29, 0.717) is 11.1 Å². The number of aromatic nitrogens is 2. The van der Waals surface area contributed by atoms with Crippen molar-refractivity contribution >= 4 is 0 Å². The molecule has 0 amide bonds. The van der Waals surface area contributed by atoms with E-state index in [4.69, 9.17) is 5.11 Å². The van der Waals surface area contributed by atoms with E-state index in [1.807, 2.05) is 0 Å². The lowest BCUT2D eigenvalue weighted by atomic mass is 10.1. The summed E-state index contributed by atoms with van der Waals surface area (Å²) in [6, 6.07) is 7.35. The van der Waals surface area contributed by atoms with Crippen molar-refractivity contribution < 1.29 is 9.50 Å². The first kappa shape index (κ1) is 13.0. The van der Waals surface area contributed by atoms with Crippen molar-refractivity contribution in [2.75, 3.05) is 6.61 Å². The molecule has 0 atom stereocenters. The number of nitrogens with zero attached hydrogens (tertiary/aromatic N) is 2. The molecule has 1 N–H and O–H groups in total. The van der Waals surface area contributed by atoms with E-state index in [9.17, 15) is 9.18 Å². The monoisotopic (exact) mass is 258 g/mol. The minimum Gasteiger partial charge on any atom is -0.384 e. The number of hydrogen-bond acceptors (Lipinski definition) is 3. The maximum atomic E-state index is 13.8. The first-order chi connectivity index (χ1) is 9.20. The van der Waals surface area contributed by atoms with Crippen LogP contribution in [-0.4, -0.2) is 21.5 Å². The van der Waals surface area contributed by atoms with Crippen molar-refractivity contribution in [1.29, 1.82) is 0 Å². The summed E-state index contributed by atoms with van der Waals surface area (Å²) in [7, 11) is 0. The fourth-order valence-electron chi connectivity index (χ4n) is 1.56. The predicted octanol–water partition coefficient (Wildman–Crippen LogP) is 0.774. The highest BCUT2D eigenvalue weighted by atomic mass is 19.1. The quantitative estimate of drug-likeness (QED) is 0.810. The molecule has 1 heterocycles. The number of benzene rings is 1. The Hall–Kier alpha value is -2.45. The van der Waals surface area contributed by atoms with Crippen molar-refractivity contribution in [3.8, 4) is 11.8 Å². The average Bonchev–Trinajstić information content (AvgIpc) is 2.41. The number of halogens is 1. The molecule has 1 aromatic heterocycles. The van der Waals surface area contributed by atoms with Crippen molar-refractivity contribution in [2.24, 2.45) is 0 Å². The molecule has 0 bridgehead atoms. The van der Waals surface area contributed by atoms with Crippen LogP contribution in [0.2, 0.25) is 0 Å². The average molecular weight is 258 g/mol. The van der Waals surface area contributed by atoms with Gasteiger partial charge in [0.2, 0.25) is 0 Å². The fourth-order valence-corrected chi connectivity index (χ4v) is 1.56. The third-order valence-corrected chi connectivity index (χ3v) is 2.47. The second-order valence-corrected chi connectivity index (χ2v) is 3.79. The van der Waals surface area contributed by atoms with Crippen LogP contribution in [0.1, 0.15) is 11.1 Å². The Morgan fingerprint density at radius 3 is 2.89 bits per heavy atom. The molecule has 96 valence electrons. The van der Waals surface area contributed by atoms with E-state index in [1.165, 1.54) is 29.1 Å². The summed E-state index contributed by atoms with van der Waals surface area (Å²) in [5.41, 5.74) is 0.546. The lowest BCUT2D eigenvalue weighted by Gasteiger charge is -2.05. The van der Waals surface area contributed by atoms with Crippen LogP contribution in [0.25, 0.3) is 0 Å². The molecular weight excluding hydrogens is 247 g/mol. The van der Waals surface area contributed by atoms with E-state index in [-0.39, 0.29) is 18.7 Å². The lowest BCUT2D eigenvalue weighted by molar-refractivity contribution is 0.350. The van der Waals surface area contributed by atoms with Gasteiger partial charge in [0.15, 0.2) is 0 Å². The highest BCUT2D eigenvalue weighted by molar-refractivity contribution is 5.37. The molecule has 2 rings (SSSR count). The van der Waals surface area contributed by atoms with Crippen LogP contribution in [-0.2, 0) is 6.54 Å². The summed E-state index contributed by atoms with van der Waals surface area (Å²) < 4.78 is 15.0. The molecule has 2 aromatic rings. The van der Waals surface area contributed by atoms with Gasteiger partial charge in [0.1, 0.15) is 12.4 Å². The maximum Gasteiger partial charge on any atom is 0.267 e. The van der Waals surface area contributed by atoms with Gasteiger partial charge in [0.25, 0.3) is 5.56 Å². The van der Waals surface area contributed by atoms with Gasteiger partial charge in [0, 0.05) is 23.4 Å². The van der Waals surface area contributed by atoms with Gasteiger partial charge in [-0.2, -0.15) is 5.10 Å². The van der Waals surface area contributed by atoms with Gasteiger partial charge in [-0.3, -0.25) is 4.79 Å². The second kappa shape index (κ2) is 5.94. The summed E-state index contributed by atoms with van der Waals surface area (Å²) in [4.78, 5) is 11.5. The van der Waals surface area contributed by atoms with Crippen molar-refractivity contribution in [2.45, 2.75) is 6.54 Å². The third kappa shape index (κ3) is 3.27. The molecule has 5 heteroatoms. The highest BCUT2D eigenvalue weighted by Crippen LogP contribution is 2.10. The van der Waals surface area contributed by atoms with E-state index < -0.39 is 5.82 Å². The van der Waals surface area contributed by atoms with E-state index >= 15 is 0 Å². The molecule has 1 aromatic carbocycles. The third-order valence-electron chi connectivity index (χ3n) is 2.47. The molecule has 0 saturated heterocycles. The summed E-state index contributed by atoms with van der Waals surface area (Å²) >= 11 is 0. The van der Waals surface area contributed by atoms with Gasteiger partial charge in [-0.15, -0.1) is 0 Å². The zero-order valence-electron chi connectivity index (χ0n) is 10.0. The molecule has 0 radical (unpaired) electrons. The number of aliphatic hydroxyl groups is 1. The van der Waals surface area contributed by atoms with Gasteiger partial charge < -0.3 is 5.11 Å². The number of hydrogen-bond donors (Lipinski definition) is 1. The smallest absolute Gasteiger partial charge is 0.267 e. The first-order valence-electron chi connectivity index (χ1n) is 5.61. The molecule has 0 unspecified atom stereocenters. The zero-order valence-corrected chi connectivity index (χ0v) is 10.0. The van der Waals surface area contributed by atoms with Gasteiger partial charge in [-0.05, 0) is 18.2 Å². The molecule has 0 aliphatic heterocycles. The Balaban J connectivity index is 2.27. The molecule has 0 aliphatic rings. The van der Waals surface area contributed by atoms with Gasteiger partial charge in [0.05, 0.1) is 6.54 Å². The van der Waals surface area contributed by atoms with Crippen LogP contribution in [0.15, 0.2) is 41.3 Å². The molecule has 4 nitrogen and oxygen atoms in total. The van der Waals surface area contributed by atoms with Crippen LogP contribution < -0.4 is 5.56 Å². The second-order valence-electron chi connectivity index (χ2n) is 3.79. The van der Waals surface area contributed by atoms with Crippen LogP contribution in [0, 0.1) is 17.7 Å². The fraction of sp³-hybridized carbons (Fsp3) is 0.143. The van der Waals surface area contributed by atoms with Crippen LogP contribution in [0.3, 0.4) is 0 Å². The Kier molecular flexibility index (Phi) is 4.06. The van der Waals surface area contributed by atoms with Crippen molar-refractivity contribution in [1.82, 2.24) is 9.78 Å². The molecule has 0 saturated carbocycles. The summed E-state index contributed by atoms with van der Waals surface area (Å²) in [6.07, 6.45) is 1.47. The Morgan fingerprint density at radius 1 is 1.37 bits per heavy atom. The van der Waals surface area contributed by atoms with Gasteiger partial charge >= 0.3 is 0 Å². The number of aliphatic hydroxyl groups excluding tert-OH is 1. The zero-order chi connectivity index (χ0) is 13.7. The molecule has 0 spiro atoms. The lowest BCUT2D eigenvalue weighted by Crippen LogP contribution is -2.22. The highest BCUT2D eigenvalue weighted by Gasteiger charge is 2.05. The van der Waals surface area contributed by atoms with Gasteiger partial charge in [-0.25, -0.2) is 9.07 Å². The van der Waals surface area contributed by atoms with E-state index in [1.54, 1.807) is 12.1 Å². The Bertz CT molecular complexity index is 698. The summed E-state index contributed by atoms with van der Waals surface area (Å²) in [5, 5.41) is 12.4. The SMILES string of the molecule is O=c1cccnn1Cc1ccc(C#CCO)cc1F. The van der Waals surface area contributed by atoms with Crippen LogP contribution >= 0.6 is 0 Å². The van der Waals surface area contributed by atoms with Crippen LogP contribution in [0.4, 0.5) is 4.39 Å². The topological polar surface area (TPSA) is 55.1 Å². The van der Waals surface area contributed by atoms with Crippen LogP contribution in [0.5, 0.6) is 0 Å². The summed E-state index contributed by atoms with van der Waals surface area (Å²) in [6.45, 7) is -0.202. The van der Waals surface area contributed by atoms with Crippen molar-refractivity contribution in [3.05, 3.63) is 63.8 Å². The molecule has 0 aliphatic carbocycles. The summed E-state index contributed by atoms with van der Waals surface area (Å²) in [5.74, 6) is 4.60. The maximum absolute atomic E-state index is 13.8. The normalized spacial score (nSPS) is 9.79. The van der Waals surface area contributed by atoms with Gasteiger partial charge in [-0.1, -0.05) is 17.9 Å². The molecule has 0 fully saturated rings. The predicted molar refractivity (Wildman–Crippen MR) is 68.0 cm³/mol. The van der Waals surface area contributed by atoms with E-state index in [2.05, 4.69) is 16.9 Å². The minimum absolute atomic E-state index is 0.0687.